The van der Waals surface area contributed by atoms with Crippen molar-refractivity contribution in [2.45, 2.75) is 139 Å². The third-order valence-electron chi connectivity index (χ3n) is 9.41. The third-order valence-corrected chi connectivity index (χ3v) is 11.1. The quantitative estimate of drug-likeness (QED) is 0.0392. The first-order valence-corrected chi connectivity index (χ1v) is 22.8. The zero-order chi connectivity index (χ0) is 40.8. The van der Waals surface area contributed by atoms with Crippen LogP contribution in [0.2, 0.25) is 0 Å². The van der Waals surface area contributed by atoms with E-state index in [4.69, 9.17) is 14.0 Å². The molecule has 10 nitrogen and oxygen atoms in total. The van der Waals surface area contributed by atoms with E-state index in [9.17, 15) is 31.6 Å². The van der Waals surface area contributed by atoms with E-state index in [1.807, 2.05) is 12.1 Å². The Kier molecular flexibility index (Phi) is 23.8. The normalized spacial score (nSPS) is 11.3. The molecule has 0 unspecified atom stereocenters. The summed E-state index contributed by atoms with van der Waals surface area (Å²) < 4.78 is 75.9. The number of phenolic OH excluding ortho intramolecular Hbond substituents is 1. The Bertz CT molecular complexity index is 1810. The van der Waals surface area contributed by atoms with Crippen molar-refractivity contribution in [1.82, 2.24) is 0 Å². The minimum Gasteiger partial charge on any atom is -0.870 e. The van der Waals surface area contributed by atoms with Crippen LogP contribution in [0, 0.1) is 0 Å². The maximum absolute atomic E-state index is 12.2. The number of phenols is 1. The number of unbranched alkanes of at least 4 members (excludes halogenated alkanes) is 14. The molecule has 0 spiro atoms. The number of hydrogen-bond acceptors (Lipinski definition) is 9. The summed E-state index contributed by atoms with van der Waals surface area (Å²) in [5.74, 6) is 1.22. The van der Waals surface area contributed by atoms with Crippen molar-refractivity contribution in [2.75, 3.05) is 0 Å². The molecule has 0 saturated heterocycles. The number of para-hydroxylation sites is 2. The van der Waals surface area contributed by atoms with Crippen molar-refractivity contribution >= 4 is 58.0 Å². The minimum absolute atomic E-state index is 0. The smallest absolute Gasteiger partial charge is 0.870 e. The van der Waals surface area contributed by atoms with E-state index in [1.165, 1.54) is 132 Å². The molecule has 0 saturated carbocycles. The van der Waals surface area contributed by atoms with Crippen molar-refractivity contribution < 1.29 is 45.6 Å². The molecule has 0 bridgehead atoms. The van der Waals surface area contributed by atoms with Gasteiger partial charge in [0.25, 0.3) is 10.1 Å². The van der Waals surface area contributed by atoms with Gasteiger partial charge >= 0.3 is 37.7 Å². The van der Waals surface area contributed by atoms with Crippen LogP contribution in [0.5, 0.6) is 34.5 Å². The van der Waals surface area contributed by atoms with Gasteiger partial charge in [-0.25, -0.2) is 8.42 Å². The second kappa shape index (κ2) is 27.0. The Hall–Kier alpha value is -2.84. The van der Waals surface area contributed by atoms with Gasteiger partial charge in [-0.3, -0.25) is 4.55 Å². The Labute approximate surface area is 370 Å². The van der Waals surface area contributed by atoms with Crippen LogP contribution < -0.4 is 14.6 Å². The average Bonchev–Trinajstić information content (AvgIpc) is 3.16. The molecule has 0 radical (unpaired) electrons. The SMILES string of the molecule is CCCCCCCCCCc1cccc(O)c1Oc1ccc(S(=O)(=O)O)cc1.CCCCCCCCCCc1cccc([O-])c1Oc1ccc(S(=O)(=O)[O-])cc1.[Ca+2]. The first kappa shape index (κ1) is 50.3. The first-order valence-electron chi connectivity index (χ1n) is 19.9. The van der Waals surface area contributed by atoms with Gasteiger partial charge in [-0.2, -0.15) is 8.42 Å². The van der Waals surface area contributed by atoms with Gasteiger partial charge in [-0.05, 0) is 91.4 Å². The summed E-state index contributed by atoms with van der Waals surface area (Å²) in [7, 11) is -8.74. The summed E-state index contributed by atoms with van der Waals surface area (Å²) in [6.45, 7) is 4.43. The number of aryl methyl sites for hydroxylation is 2. The Balaban J connectivity index is 0.000000387. The number of rotatable bonds is 24. The summed E-state index contributed by atoms with van der Waals surface area (Å²) in [5.41, 5.74) is 1.77. The zero-order valence-corrected chi connectivity index (χ0v) is 37.3. The fourth-order valence-electron chi connectivity index (χ4n) is 6.25. The van der Waals surface area contributed by atoms with E-state index in [0.717, 1.165) is 49.7 Å². The first-order chi connectivity index (χ1) is 26.8. The molecule has 13 heteroatoms. The molecule has 0 aliphatic heterocycles. The minimum atomic E-state index is -4.50. The number of aromatic hydroxyl groups is 1. The maximum Gasteiger partial charge on any atom is 2.00 e. The Morgan fingerprint density at radius 1 is 0.526 bits per heavy atom. The molecular formula is C44H58CaO10S2. The molecular weight excluding hydrogens is 793 g/mol. The second-order valence-electron chi connectivity index (χ2n) is 14.0. The molecule has 308 valence electrons. The zero-order valence-electron chi connectivity index (χ0n) is 33.5. The summed E-state index contributed by atoms with van der Waals surface area (Å²) in [6, 6.07) is 20.9. The van der Waals surface area contributed by atoms with Crippen molar-refractivity contribution in [1.29, 1.82) is 0 Å². The molecule has 0 aliphatic carbocycles. The van der Waals surface area contributed by atoms with Gasteiger partial charge in [0.1, 0.15) is 27.4 Å². The van der Waals surface area contributed by atoms with Crippen LogP contribution in [0.3, 0.4) is 0 Å². The molecule has 0 aliphatic rings. The van der Waals surface area contributed by atoms with Crippen LogP contribution in [0.4, 0.5) is 0 Å². The monoisotopic (exact) mass is 850 g/mol. The van der Waals surface area contributed by atoms with Gasteiger partial charge in [0.15, 0.2) is 11.5 Å². The van der Waals surface area contributed by atoms with Crippen molar-refractivity contribution in [3.8, 4) is 34.5 Å². The van der Waals surface area contributed by atoms with Gasteiger partial charge in [0, 0.05) is 0 Å². The van der Waals surface area contributed by atoms with Crippen LogP contribution in [0.1, 0.15) is 128 Å². The predicted octanol–water partition coefficient (Wildman–Crippen LogP) is 10.9. The van der Waals surface area contributed by atoms with Gasteiger partial charge in [0.2, 0.25) is 0 Å². The molecule has 4 aromatic rings. The summed E-state index contributed by atoms with van der Waals surface area (Å²) >= 11 is 0. The van der Waals surface area contributed by atoms with Crippen molar-refractivity contribution in [3.05, 3.63) is 96.1 Å². The van der Waals surface area contributed by atoms with Crippen LogP contribution in [-0.4, -0.2) is 68.8 Å². The molecule has 0 heterocycles. The van der Waals surface area contributed by atoms with Crippen LogP contribution in [0.15, 0.2) is 94.7 Å². The van der Waals surface area contributed by atoms with E-state index >= 15 is 0 Å². The van der Waals surface area contributed by atoms with Crippen LogP contribution in [-0.2, 0) is 33.1 Å². The molecule has 0 aromatic heterocycles. The number of benzene rings is 4. The fourth-order valence-corrected chi connectivity index (χ4v) is 7.20. The molecule has 0 atom stereocenters. The number of hydrogen-bond donors (Lipinski definition) is 2. The van der Waals surface area contributed by atoms with Crippen molar-refractivity contribution in [2.24, 2.45) is 0 Å². The molecule has 2 N–H and O–H groups in total. The second-order valence-corrected chi connectivity index (χ2v) is 16.8. The summed E-state index contributed by atoms with van der Waals surface area (Å²) in [5, 5.41) is 22.4. The molecule has 57 heavy (non-hydrogen) atoms. The third kappa shape index (κ3) is 19.2. The molecule has 4 rings (SSSR count). The van der Waals surface area contributed by atoms with Gasteiger partial charge < -0.3 is 24.2 Å². The van der Waals surface area contributed by atoms with E-state index in [1.54, 1.807) is 18.2 Å². The van der Waals surface area contributed by atoms with Gasteiger partial charge in [-0.15, -0.1) is 0 Å². The van der Waals surface area contributed by atoms with Crippen LogP contribution in [0.25, 0.3) is 0 Å². The standard InChI is InChI=1S/2C22H30O5S.Ca/c2*1-2-3-4-5-6-7-8-9-11-18-12-10-13-21(23)22(18)27-19-14-16-20(17-15-19)28(24,25)26;/h2*10,12-17,23H,2-9,11H2,1H3,(H,24,25,26);/q;;+2/p-2. The van der Waals surface area contributed by atoms with Crippen LogP contribution >= 0.6 is 0 Å². The Morgan fingerprint density at radius 2 is 0.912 bits per heavy atom. The average molecular weight is 851 g/mol. The summed E-state index contributed by atoms with van der Waals surface area (Å²) in [6.07, 6.45) is 21.1. The summed E-state index contributed by atoms with van der Waals surface area (Å²) in [4.78, 5) is -0.522. The van der Waals surface area contributed by atoms with E-state index < -0.39 is 20.2 Å². The number of ether oxygens (including phenoxy) is 2. The topological polar surface area (TPSA) is 173 Å². The largest absolute Gasteiger partial charge is 2.00 e. The van der Waals surface area contributed by atoms with Crippen molar-refractivity contribution in [3.63, 3.8) is 0 Å². The fraction of sp³-hybridized carbons (Fsp3) is 0.455. The van der Waals surface area contributed by atoms with E-state index in [-0.39, 0.29) is 64.8 Å². The maximum atomic E-state index is 12.2. The Morgan fingerprint density at radius 3 is 1.35 bits per heavy atom. The molecule has 4 aromatic carbocycles. The molecule has 0 amide bonds. The predicted molar refractivity (Wildman–Crippen MR) is 223 cm³/mol. The van der Waals surface area contributed by atoms with Gasteiger partial charge in [-0.1, -0.05) is 140 Å². The van der Waals surface area contributed by atoms with Gasteiger partial charge in [0.05, 0.1) is 9.79 Å². The molecule has 0 fully saturated rings. The van der Waals surface area contributed by atoms with E-state index in [2.05, 4.69) is 13.8 Å². The van der Waals surface area contributed by atoms with E-state index in [0.29, 0.717) is 17.2 Å².